The highest BCUT2D eigenvalue weighted by molar-refractivity contribution is 5.94. The first-order valence-electron chi connectivity index (χ1n) is 6.89. The molecule has 0 fully saturated rings. The third-order valence-corrected chi connectivity index (χ3v) is 3.14. The Hall–Kier alpha value is -2.43. The third-order valence-electron chi connectivity index (χ3n) is 3.14. The van der Waals surface area contributed by atoms with Crippen LogP contribution in [0.15, 0.2) is 30.5 Å². The Morgan fingerprint density at radius 3 is 2.43 bits per heavy atom. The van der Waals surface area contributed by atoms with Crippen molar-refractivity contribution in [1.82, 2.24) is 4.57 Å². The Morgan fingerprint density at radius 2 is 1.86 bits per heavy atom. The zero-order valence-electron chi connectivity index (χ0n) is 12.4. The number of aromatic nitrogens is 1. The van der Waals surface area contributed by atoms with E-state index in [0.29, 0.717) is 12.3 Å². The molecule has 0 saturated heterocycles. The Balaban J connectivity index is 2.36. The zero-order valence-corrected chi connectivity index (χ0v) is 12.4. The summed E-state index contributed by atoms with van der Waals surface area (Å²) >= 11 is 0. The molecule has 0 bridgehead atoms. The van der Waals surface area contributed by atoms with Gasteiger partial charge in [-0.25, -0.2) is 4.79 Å². The number of hydrogen-bond acceptors (Lipinski definition) is 4. The molecule has 0 radical (unpaired) electrons. The fourth-order valence-electron chi connectivity index (χ4n) is 2.18. The molecule has 2 aromatic rings. The minimum atomic E-state index is -0.516. The van der Waals surface area contributed by atoms with Crippen LogP contribution in [-0.2, 0) is 4.74 Å². The van der Waals surface area contributed by atoms with E-state index in [0.717, 1.165) is 11.4 Å². The first-order valence-corrected chi connectivity index (χ1v) is 6.89. The molecule has 0 spiro atoms. The maximum Gasteiger partial charge on any atom is 0.343 e. The molecule has 0 atom stereocenters. The van der Waals surface area contributed by atoms with Gasteiger partial charge in [0.15, 0.2) is 0 Å². The average molecular weight is 289 g/mol. The van der Waals surface area contributed by atoms with Gasteiger partial charge in [-0.15, -0.1) is 0 Å². The van der Waals surface area contributed by atoms with E-state index >= 15 is 0 Å². The third kappa shape index (κ3) is 3.02. The number of benzene rings is 1. The summed E-state index contributed by atoms with van der Waals surface area (Å²) in [7, 11) is 0. The van der Waals surface area contributed by atoms with Crippen molar-refractivity contribution in [2.45, 2.75) is 20.8 Å². The second kappa shape index (κ2) is 6.35. The lowest BCUT2D eigenvalue weighted by molar-refractivity contribution is 0.0522. The van der Waals surface area contributed by atoms with Crippen LogP contribution >= 0.6 is 0 Å². The van der Waals surface area contributed by atoms with Gasteiger partial charge in [-0.1, -0.05) is 0 Å². The van der Waals surface area contributed by atoms with E-state index in [1.165, 1.54) is 6.20 Å². The number of rotatable bonds is 5. The monoisotopic (exact) mass is 289 g/mol. The standard InChI is InChI=1S/C16H19NO4/c1-4-20-13-8-6-12(7-9-13)17-10-14(18)15(11(17)3)16(19)21-5-2/h6-10,18H,4-5H2,1-3H3. The fourth-order valence-corrected chi connectivity index (χ4v) is 2.18. The number of carbonyl (C=O) groups excluding carboxylic acids is 1. The van der Waals surface area contributed by atoms with E-state index in [4.69, 9.17) is 9.47 Å². The Labute approximate surface area is 123 Å². The summed E-state index contributed by atoms with van der Waals surface area (Å²) in [6.07, 6.45) is 1.51. The highest BCUT2D eigenvalue weighted by Crippen LogP contribution is 2.28. The largest absolute Gasteiger partial charge is 0.505 e. The van der Waals surface area contributed by atoms with Gasteiger partial charge in [0.05, 0.1) is 19.4 Å². The molecule has 5 nitrogen and oxygen atoms in total. The van der Waals surface area contributed by atoms with Crippen molar-refractivity contribution in [3.63, 3.8) is 0 Å². The van der Waals surface area contributed by atoms with Gasteiger partial charge in [0.1, 0.15) is 17.1 Å². The second-order valence-electron chi connectivity index (χ2n) is 4.49. The molecule has 112 valence electrons. The lowest BCUT2D eigenvalue weighted by Gasteiger charge is -2.08. The maximum atomic E-state index is 11.9. The smallest absolute Gasteiger partial charge is 0.343 e. The highest BCUT2D eigenvalue weighted by atomic mass is 16.5. The molecule has 5 heteroatoms. The van der Waals surface area contributed by atoms with Crippen molar-refractivity contribution in [3.8, 4) is 17.2 Å². The van der Waals surface area contributed by atoms with Crippen LogP contribution in [0.4, 0.5) is 0 Å². The van der Waals surface area contributed by atoms with Crippen molar-refractivity contribution in [1.29, 1.82) is 0 Å². The molecule has 1 aromatic carbocycles. The summed E-state index contributed by atoms with van der Waals surface area (Å²) in [4.78, 5) is 11.9. The maximum absolute atomic E-state index is 11.9. The molecule has 0 aliphatic heterocycles. The molecular weight excluding hydrogens is 270 g/mol. The van der Waals surface area contributed by atoms with E-state index in [1.54, 1.807) is 18.4 Å². The number of carbonyl (C=O) groups is 1. The molecule has 1 heterocycles. The van der Waals surface area contributed by atoms with Crippen molar-refractivity contribution in [2.24, 2.45) is 0 Å². The van der Waals surface area contributed by atoms with Gasteiger partial charge in [0.2, 0.25) is 0 Å². The molecule has 2 rings (SSSR count). The molecule has 1 aromatic heterocycles. The van der Waals surface area contributed by atoms with Crippen LogP contribution in [0.5, 0.6) is 11.5 Å². The van der Waals surface area contributed by atoms with Crippen LogP contribution < -0.4 is 4.74 Å². The van der Waals surface area contributed by atoms with Gasteiger partial charge in [-0.05, 0) is 45.0 Å². The molecule has 0 aliphatic rings. The minimum absolute atomic E-state index is 0.0835. The Morgan fingerprint density at radius 1 is 1.19 bits per heavy atom. The van der Waals surface area contributed by atoms with Crippen molar-refractivity contribution < 1.29 is 19.4 Å². The zero-order chi connectivity index (χ0) is 15.4. The van der Waals surface area contributed by atoms with E-state index in [9.17, 15) is 9.90 Å². The first-order chi connectivity index (χ1) is 10.1. The summed E-state index contributed by atoms with van der Waals surface area (Å²) < 4.78 is 12.1. The fraction of sp³-hybridized carbons (Fsp3) is 0.312. The van der Waals surface area contributed by atoms with Gasteiger partial charge in [-0.2, -0.15) is 0 Å². The van der Waals surface area contributed by atoms with Crippen molar-refractivity contribution >= 4 is 5.97 Å². The number of aromatic hydroxyl groups is 1. The summed E-state index contributed by atoms with van der Waals surface area (Å²) in [5.74, 6) is 0.179. The topological polar surface area (TPSA) is 60.7 Å². The molecule has 1 N–H and O–H groups in total. The summed E-state index contributed by atoms with van der Waals surface area (Å²) in [6, 6.07) is 7.43. The predicted octanol–water partition coefficient (Wildman–Crippen LogP) is 3.07. The second-order valence-corrected chi connectivity index (χ2v) is 4.49. The number of esters is 1. The number of ether oxygens (including phenoxy) is 2. The molecule has 21 heavy (non-hydrogen) atoms. The van der Waals surface area contributed by atoms with Gasteiger partial charge in [-0.3, -0.25) is 0 Å². The molecule has 0 unspecified atom stereocenters. The normalized spacial score (nSPS) is 10.4. The number of nitrogens with zero attached hydrogens (tertiary/aromatic N) is 1. The molecule has 0 aliphatic carbocycles. The SMILES string of the molecule is CCOC(=O)c1c(O)cn(-c2ccc(OCC)cc2)c1C. The first kappa shape index (κ1) is 15.0. The highest BCUT2D eigenvalue weighted by Gasteiger charge is 2.20. The van der Waals surface area contributed by atoms with Crippen LogP contribution in [0.1, 0.15) is 29.9 Å². The summed E-state index contributed by atoms with van der Waals surface area (Å²) in [6.45, 7) is 6.30. The van der Waals surface area contributed by atoms with E-state index in [-0.39, 0.29) is 17.9 Å². The van der Waals surface area contributed by atoms with Crippen molar-refractivity contribution in [3.05, 3.63) is 41.7 Å². The van der Waals surface area contributed by atoms with Gasteiger partial charge in [0, 0.05) is 11.4 Å². The molecule has 0 amide bonds. The van der Waals surface area contributed by atoms with Gasteiger partial charge >= 0.3 is 5.97 Å². The average Bonchev–Trinajstić information content (AvgIpc) is 2.75. The Bertz CT molecular complexity index is 628. The van der Waals surface area contributed by atoms with Crippen LogP contribution in [0.25, 0.3) is 5.69 Å². The lowest BCUT2D eigenvalue weighted by atomic mass is 10.2. The Kier molecular flexibility index (Phi) is 4.52. The lowest BCUT2D eigenvalue weighted by Crippen LogP contribution is -2.07. The minimum Gasteiger partial charge on any atom is -0.505 e. The van der Waals surface area contributed by atoms with Crippen LogP contribution in [0.2, 0.25) is 0 Å². The van der Waals surface area contributed by atoms with E-state index in [1.807, 2.05) is 31.2 Å². The summed E-state index contributed by atoms with van der Waals surface area (Å²) in [5.41, 5.74) is 1.67. The van der Waals surface area contributed by atoms with E-state index in [2.05, 4.69) is 0 Å². The summed E-state index contributed by atoms with van der Waals surface area (Å²) in [5, 5.41) is 9.96. The molecular formula is C16H19NO4. The van der Waals surface area contributed by atoms with Gasteiger partial charge < -0.3 is 19.1 Å². The predicted molar refractivity (Wildman–Crippen MR) is 79.3 cm³/mol. The van der Waals surface area contributed by atoms with Crippen LogP contribution in [-0.4, -0.2) is 28.9 Å². The molecule has 0 saturated carbocycles. The van der Waals surface area contributed by atoms with Crippen LogP contribution in [0.3, 0.4) is 0 Å². The van der Waals surface area contributed by atoms with Gasteiger partial charge in [0.25, 0.3) is 0 Å². The van der Waals surface area contributed by atoms with Crippen LogP contribution in [0, 0.1) is 6.92 Å². The quantitative estimate of drug-likeness (QED) is 0.859. The number of hydrogen-bond donors (Lipinski definition) is 1. The van der Waals surface area contributed by atoms with Crippen molar-refractivity contribution in [2.75, 3.05) is 13.2 Å². The van der Waals surface area contributed by atoms with E-state index < -0.39 is 5.97 Å².